The predicted molar refractivity (Wildman–Crippen MR) is 79.1 cm³/mol. The number of benzene rings is 2. The number of rotatable bonds is 3. The van der Waals surface area contributed by atoms with E-state index in [-0.39, 0.29) is 6.04 Å². The van der Waals surface area contributed by atoms with Gasteiger partial charge in [0.05, 0.1) is 6.04 Å². The second-order valence-corrected chi connectivity index (χ2v) is 4.76. The largest absolute Gasteiger partial charge is 0.361 e. The van der Waals surface area contributed by atoms with Gasteiger partial charge in [0.2, 0.25) is 0 Å². The molecule has 0 saturated heterocycles. The number of hydrogen-bond donors (Lipinski definition) is 1. The second kappa shape index (κ2) is 5.31. The molecule has 0 aliphatic carbocycles. The third kappa shape index (κ3) is 2.24. The topological polar surface area (TPSA) is 52.0 Å². The molecule has 0 bridgehead atoms. The van der Waals surface area contributed by atoms with E-state index in [0.29, 0.717) is 0 Å². The van der Waals surface area contributed by atoms with Crippen molar-refractivity contribution in [2.75, 3.05) is 0 Å². The summed E-state index contributed by atoms with van der Waals surface area (Å²) < 4.78 is 5.36. The number of nitrogens with two attached hydrogens (primary N) is 1. The first-order chi connectivity index (χ1) is 9.77. The van der Waals surface area contributed by atoms with Crippen LogP contribution in [0.2, 0.25) is 0 Å². The zero-order valence-electron chi connectivity index (χ0n) is 11.3. The smallest absolute Gasteiger partial charge is 0.139 e. The lowest BCUT2D eigenvalue weighted by Gasteiger charge is -2.12. The Balaban J connectivity index is 2.08. The fourth-order valence-electron chi connectivity index (χ4n) is 2.38. The molecule has 0 amide bonds. The molecule has 0 fully saturated rings. The van der Waals surface area contributed by atoms with Crippen molar-refractivity contribution in [2.24, 2.45) is 5.73 Å². The van der Waals surface area contributed by atoms with E-state index in [1.807, 2.05) is 67.6 Å². The van der Waals surface area contributed by atoms with Crippen LogP contribution in [0.1, 0.15) is 22.9 Å². The molecule has 20 heavy (non-hydrogen) atoms. The number of aryl methyl sites for hydroxylation is 1. The van der Waals surface area contributed by atoms with Crippen molar-refractivity contribution < 1.29 is 4.52 Å². The lowest BCUT2D eigenvalue weighted by Crippen LogP contribution is -2.13. The number of nitrogens with zero attached hydrogens (tertiary/aromatic N) is 1. The molecule has 1 heterocycles. The maximum atomic E-state index is 6.40. The summed E-state index contributed by atoms with van der Waals surface area (Å²) in [7, 11) is 0. The molecule has 0 aliphatic heterocycles. The lowest BCUT2D eigenvalue weighted by molar-refractivity contribution is 0.397. The number of aromatic nitrogens is 1. The molecule has 100 valence electrons. The summed E-state index contributed by atoms with van der Waals surface area (Å²) >= 11 is 0. The zero-order valence-corrected chi connectivity index (χ0v) is 11.3. The van der Waals surface area contributed by atoms with Gasteiger partial charge in [-0.05, 0) is 12.5 Å². The highest BCUT2D eigenvalue weighted by molar-refractivity contribution is 5.65. The average molecular weight is 264 g/mol. The highest BCUT2D eigenvalue weighted by Gasteiger charge is 2.21. The molecular weight excluding hydrogens is 248 g/mol. The van der Waals surface area contributed by atoms with Crippen LogP contribution < -0.4 is 5.73 Å². The normalized spacial score (nSPS) is 12.3. The molecule has 1 aromatic heterocycles. The molecule has 0 aliphatic rings. The minimum Gasteiger partial charge on any atom is -0.361 e. The zero-order chi connectivity index (χ0) is 13.9. The Kier molecular flexibility index (Phi) is 3.35. The van der Waals surface area contributed by atoms with Crippen LogP contribution >= 0.6 is 0 Å². The van der Waals surface area contributed by atoms with Gasteiger partial charge < -0.3 is 10.3 Å². The highest BCUT2D eigenvalue weighted by atomic mass is 16.5. The van der Waals surface area contributed by atoms with E-state index >= 15 is 0 Å². The quantitative estimate of drug-likeness (QED) is 0.784. The van der Waals surface area contributed by atoms with E-state index in [9.17, 15) is 0 Å². The molecule has 0 spiro atoms. The Morgan fingerprint density at radius 2 is 1.55 bits per heavy atom. The van der Waals surface area contributed by atoms with Crippen molar-refractivity contribution in [2.45, 2.75) is 13.0 Å². The monoisotopic (exact) mass is 264 g/mol. The van der Waals surface area contributed by atoms with Crippen LogP contribution in [0.15, 0.2) is 65.2 Å². The average Bonchev–Trinajstić information content (AvgIpc) is 2.90. The van der Waals surface area contributed by atoms with Gasteiger partial charge in [-0.25, -0.2) is 0 Å². The molecule has 0 saturated carbocycles. The van der Waals surface area contributed by atoms with Crippen molar-refractivity contribution in [1.29, 1.82) is 0 Å². The third-order valence-corrected chi connectivity index (χ3v) is 3.43. The molecule has 1 atom stereocenters. The molecule has 3 rings (SSSR count). The molecular formula is C17H16N2O. The summed E-state index contributed by atoms with van der Waals surface area (Å²) in [6.45, 7) is 1.90. The van der Waals surface area contributed by atoms with Crippen LogP contribution in [0, 0.1) is 6.92 Å². The first-order valence-electron chi connectivity index (χ1n) is 6.59. The fraction of sp³-hybridized carbons (Fsp3) is 0.118. The Morgan fingerprint density at radius 1 is 0.950 bits per heavy atom. The molecule has 3 heteroatoms. The molecule has 2 aromatic carbocycles. The van der Waals surface area contributed by atoms with Gasteiger partial charge in [-0.2, -0.15) is 0 Å². The molecule has 3 aromatic rings. The van der Waals surface area contributed by atoms with E-state index in [1.54, 1.807) is 0 Å². The van der Waals surface area contributed by atoms with E-state index in [4.69, 9.17) is 10.3 Å². The van der Waals surface area contributed by atoms with Gasteiger partial charge in [0, 0.05) is 11.1 Å². The van der Waals surface area contributed by atoms with Crippen molar-refractivity contribution in [3.05, 3.63) is 77.6 Å². The minimum absolute atomic E-state index is 0.238. The van der Waals surface area contributed by atoms with Crippen LogP contribution in [0.25, 0.3) is 11.3 Å². The molecule has 0 radical (unpaired) electrons. The summed E-state index contributed by atoms with van der Waals surface area (Å²) in [5.74, 6) is 0.764. The van der Waals surface area contributed by atoms with E-state index in [1.165, 1.54) is 0 Å². The van der Waals surface area contributed by atoms with E-state index in [2.05, 4.69) is 5.16 Å². The van der Waals surface area contributed by atoms with E-state index < -0.39 is 0 Å². The summed E-state index contributed by atoms with van der Waals surface area (Å²) in [6.07, 6.45) is 0. The van der Waals surface area contributed by atoms with Gasteiger partial charge in [0.25, 0.3) is 0 Å². The molecule has 2 N–H and O–H groups in total. The van der Waals surface area contributed by atoms with Gasteiger partial charge in [-0.3, -0.25) is 0 Å². The predicted octanol–water partition coefficient (Wildman–Crippen LogP) is 3.70. The highest BCUT2D eigenvalue weighted by Crippen LogP contribution is 2.32. The van der Waals surface area contributed by atoms with Crippen LogP contribution in [0.5, 0.6) is 0 Å². The maximum absolute atomic E-state index is 6.40. The maximum Gasteiger partial charge on any atom is 0.139 e. The Hall–Kier alpha value is -2.39. The summed E-state index contributed by atoms with van der Waals surface area (Å²) in [5.41, 5.74) is 10.2. The Bertz CT molecular complexity index is 690. The third-order valence-electron chi connectivity index (χ3n) is 3.43. The van der Waals surface area contributed by atoms with Crippen LogP contribution in [-0.4, -0.2) is 5.16 Å². The van der Waals surface area contributed by atoms with Crippen LogP contribution in [0.4, 0.5) is 0 Å². The van der Waals surface area contributed by atoms with Crippen molar-refractivity contribution in [3.63, 3.8) is 0 Å². The summed E-state index contributed by atoms with van der Waals surface area (Å²) in [4.78, 5) is 0. The second-order valence-electron chi connectivity index (χ2n) is 4.76. The SMILES string of the molecule is Cc1onc(-c2ccccc2)c1C(N)c1ccccc1. The fourth-order valence-corrected chi connectivity index (χ4v) is 2.38. The lowest BCUT2D eigenvalue weighted by atomic mass is 9.95. The van der Waals surface area contributed by atoms with Crippen LogP contribution in [-0.2, 0) is 0 Å². The van der Waals surface area contributed by atoms with Gasteiger partial charge in [0.1, 0.15) is 11.5 Å². The van der Waals surface area contributed by atoms with Gasteiger partial charge >= 0.3 is 0 Å². The number of hydrogen-bond acceptors (Lipinski definition) is 3. The summed E-state index contributed by atoms with van der Waals surface area (Å²) in [5, 5.41) is 4.18. The van der Waals surface area contributed by atoms with E-state index in [0.717, 1.165) is 28.1 Å². The minimum atomic E-state index is -0.238. The molecule has 1 unspecified atom stereocenters. The van der Waals surface area contributed by atoms with Gasteiger partial charge in [-0.15, -0.1) is 0 Å². The van der Waals surface area contributed by atoms with Crippen molar-refractivity contribution in [3.8, 4) is 11.3 Å². The van der Waals surface area contributed by atoms with Gasteiger partial charge in [0.15, 0.2) is 0 Å². The first-order valence-corrected chi connectivity index (χ1v) is 6.59. The Labute approximate surface area is 118 Å². The standard InChI is InChI=1S/C17H16N2O/c1-12-15(16(18)13-8-4-2-5-9-13)17(19-20-12)14-10-6-3-7-11-14/h2-11,16H,18H2,1H3. The Morgan fingerprint density at radius 3 is 2.20 bits per heavy atom. The first kappa shape index (κ1) is 12.6. The molecule has 3 nitrogen and oxygen atoms in total. The van der Waals surface area contributed by atoms with Crippen LogP contribution in [0.3, 0.4) is 0 Å². The van der Waals surface area contributed by atoms with Crippen molar-refractivity contribution in [1.82, 2.24) is 5.16 Å². The van der Waals surface area contributed by atoms with Gasteiger partial charge in [-0.1, -0.05) is 65.8 Å². The van der Waals surface area contributed by atoms with Crippen molar-refractivity contribution >= 4 is 0 Å². The summed E-state index contributed by atoms with van der Waals surface area (Å²) in [6, 6.07) is 19.7.